The zero-order chi connectivity index (χ0) is 11.4. The molecule has 1 aliphatic rings. The standard InChI is InChI=1S/C10H14N4O2/c11-9(12)8-1-4-13-10(14-8)16-7-2-5-15-6-3-7/h1,4,7H,2-3,5-6H2,(H3,11,12). The molecular weight excluding hydrogens is 208 g/mol. The van der Waals surface area contributed by atoms with Gasteiger partial charge in [0.25, 0.3) is 0 Å². The zero-order valence-corrected chi connectivity index (χ0v) is 8.85. The molecule has 0 aliphatic carbocycles. The van der Waals surface area contributed by atoms with Crippen molar-refractivity contribution in [3.8, 4) is 6.01 Å². The lowest BCUT2D eigenvalue weighted by atomic mass is 10.2. The van der Waals surface area contributed by atoms with Gasteiger partial charge in [0.1, 0.15) is 17.6 Å². The molecule has 2 rings (SSSR count). The van der Waals surface area contributed by atoms with Crippen LogP contribution >= 0.6 is 0 Å². The Hall–Kier alpha value is -1.69. The number of nitrogens with two attached hydrogens (primary N) is 1. The number of aromatic nitrogens is 2. The lowest BCUT2D eigenvalue weighted by Gasteiger charge is -2.22. The maximum Gasteiger partial charge on any atom is 0.317 e. The van der Waals surface area contributed by atoms with Crippen LogP contribution in [0, 0.1) is 5.41 Å². The molecule has 3 N–H and O–H groups in total. The number of nitrogen functional groups attached to an aromatic ring is 1. The molecule has 0 spiro atoms. The van der Waals surface area contributed by atoms with E-state index in [2.05, 4.69) is 9.97 Å². The molecule has 1 aromatic heterocycles. The first kappa shape index (κ1) is 10.8. The zero-order valence-electron chi connectivity index (χ0n) is 8.85. The number of hydrogen-bond donors (Lipinski definition) is 2. The molecule has 0 radical (unpaired) electrons. The maximum atomic E-state index is 7.26. The fourth-order valence-electron chi connectivity index (χ4n) is 1.49. The topological polar surface area (TPSA) is 94.1 Å². The number of ether oxygens (including phenoxy) is 2. The van der Waals surface area contributed by atoms with Crippen LogP contribution in [0.2, 0.25) is 0 Å². The second-order valence-corrected chi connectivity index (χ2v) is 3.57. The van der Waals surface area contributed by atoms with Crippen molar-refractivity contribution in [2.75, 3.05) is 13.2 Å². The Labute approximate surface area is 93.3 Å². The summed E-state index contributed by atoms with van der Waals surface area (Å²) in [5.41, 5.74) is 5.72. The lowest BCUT2D eigenvalue weighted by Crippen LogP contribution is -2.27. The Morgan fingerprint density at radius 2 is 2.25 bits per heavy atom. The van der Waals surface area contributed by atoms with Crippen molar-refractivity contribution in [2.24, 2.45) is 5.73 Å². The number of amidine groups is 1. The van der Waals surface area contributed by atoms with Gasteiger partial charge in [-0.05, 0) is 6.07 Å². The van der Waals surface area contributed by atoms with Crippen LogP contribution in [0.25, 0.3) is 0 Å². The van der Waals surface area contributed by atoms with Crippen LogP contribution < -0.4 is 10.5 Å². The molecule has 0 aromatic carbocycles. The molecule has 86 valence electrons. The van der Waals surface area contributed by atoms with Crippen molar-refractivity contribution >= 4 is 5.84 Å². The molecule has 1 fully saturated rings. The second kappa shape index (κ2) is 4.89. The summed E-state index contributed by atoms with van der Waals surface area (Å²) in [5, 5.41) is 7.26. The predicted molar refractivity (Wildman–Crippen MR) is 57.5 cm³/mol. The summed E-state index contributed by atoms with van der Waals surface area (Å²) in [5.74, 6) is -0.0840. The van der Waals surface area contributed by atoms with Crippen molar-refractivity contribution in [2.45, 2.75) is 18.9 Å². The van der Waals surface area contributed by atoms with E-state index >= 15 is 0 Å². The Balaban J connectivity index is 2.02. The summed E-state index contributed by atoms with van der Waals surface area (Å²) in [7, 11) is 0. The van der Waals surface area contributed by atoms with Gasteiger partial charge in [0, 0.05) is 19.0 Å². The van der Waals surface area contributed by atoms with E-state index in [1.54, 1.807) is 12.3 Å². The van der Waals surface area contributed by atoms with Gasteiger partial charge in [-0.3, -0.25) is 5.41 Å². The molecular formula is C10H14N4O2. The largest absolute Gasteiger partial charge is 0.460 e. The predicted octanol–water partition coefficient (Wildman–Crippen LogP) is 0.318. The number of nitrogens with one attached hydrogen (secondary N) is 1. The smallest absolute Gasteiger partial charge is 0.317 e. The van der Waals surface area contributed by atoms with Crippen LogP contribution in [0.4, 0.5) is 0 Å². The average Bonchev–Trinajstić information content (AvgIpc) is 2.30. The summed E-state index contributed by atoms with van der Waals surface area (Å²) in [4.78, 5) is 8.03. The monoisotopic (exact) mass is 222 g/mol. The Bertz CT molecular complexity index is 377. The highest BCUT2D eigenvalue weighted by atomic mass is 16.5. The van der Waals surface area contributed by atoms with E-state index in [9.17, 15) is 0 Å². The van der Waals surface area contributed by atoms with Gasteiger partial charge in [-0.25, -0.2) is 4.98 Å². The van der Waals surface area contributed by atoms with E-state index in [-0.39, 0.29) is 18.0 Å². The van der Waals surface area contributed by atoms with Crippen molar-refractivity contribution in [3.63, 3.8) is 0 Å². The van der Waals surface area contributed by atoms with E-state index in [0.29, 0.717) is 18.9 Å². The molecule has 0 unspecified atom stereocenters. The first-order valence-electron chi connectivity index (χ1n) is 5.17. The summed E-state index contributed by atoms with van der Waals surface area (Å²) in [6.07, 6.45) is 3.32. The highest BCUT2D eigenvalue weighted by Gasteiger charge is 2.16. The third-order valence-corrected chi connectivity index (χ3v) is 2.35. The van der Waals surface area contributed by atoms with Crippen LogP contribution in [0.1, 0.15) is 18.5 Å². The van der Waals surface area contributed by atoms with Crippen LogP contribution in [-0.2, 0) is 4.74 Å². The van der Waals surface area contributed by atoms with Gasteiger partial charge in [-0.1, -0.05) is 0 Å². The molecule has 6 nitrogen and oxygen atoms in total. The van der Waals surface area contributed by atoms with E-state index in [1.165, 1.54) is 0 Å². The lowest BCUT2D eigenvalue weighted by molar-refractivity contribution is 0.0217. The van der Waals surface area contributed by atoms with Gasteiger partial charge < -0.3 is 15.2 Å². The fourth-order valence-corrected chi connectivity index (χ4v) is 1.49. The molecule has 1 aliphatic heterocycles. The van der Waals surface area contributed by atoms with Crippen LogP contribution in [0.15, 0.2) is 12.3 Å². The Morgan fingerprint density at radius 3 is 2.94 bits per heavy atom. The van der Waals surface area contributed by atoms with E-state index in [4.69, 9.17) is 20.6 Å². The first-order valence-corrected chi connectivity index (χ1v) is 5.17. The highest BCUT2D eigenvalue weighted by molar-refractivity contribution is 5.92. The third kappa shape index (κ3) is 2.66. The summed E-state index contributed by atoms with van der Waals surface area (Å²) < 4.78 is 10.8. The van der Waals surface area contributed by atoms with Crippen molar-refractivity contribution < 1.29 is 9.47 Å². The SMILES string of the molecule is N=C(N)c1ccnc(OC2CCOCC2)n1. The third-order valence-electron chi connectivity index (χ3n) is 2.35. The van der Waals surface area contributed by atoms with Crippen LogP contribution in [0.3, 0.4) is 0 Å². The number of rotatable bonds is 3. The molecule has 0 amide bonds. The number of nitrogens with zero attached hydrogens (tertiary/aromatic N) is 2. The first-order chi connectivity index (χ1) is 7.75. The summed E-state index contributed by atoms with van der Waals surface area (Å²) in [6, 6.07) is 1.86. The van der Waals surface area contributed by atoms with E-state index < -0.39 is 0 Å². The Morgan fingerprint density at radius 1 is 1.50 bits per heavy atom. The van der Waals surface area contributed by atoms with Gasteiger partial charge in [0.2, 0.25) is 0 Å². The highest BCUT2D eigenvalue weighted by Crippen LogP contribution is 2.13. The van der Waals surface area contributed by atoms with Crippen molar-refractivity contribution in [1.29, 1.82) is 5.41 Å². The molecule has 6 heteroatoms. The summed E-state index contributed by atoms with van der Waals surface area (Å²) >= 11 is 0. The van der Waals surface area contributed by atoms with Crippen LogP contribution in [0.5, 0.6) is 6.01 Å². The minimum Gasteiger partial charge on any atom is -0.460 e. The van der Waals surface area contributed by atoms with Gasteiger partial charge in [0.05, 0.1) is 13.2 Å². The van der Waals surface area contributed by atoms with Crippen molar-refractivity contribution in [3.05, 3.63) is 18.0 Å². The van der Waals surface area contributed by atoms with Gasteiger partial charge >= 0.3 is 6.01 Å². The minimum atomic E-state index is -0.0840. The molecule has 1 saturated heterocycles. The van der Waals surface area contributed by atoms with Gasteiger partial charge in [-0.2, -0.15) is 4.98 Å². The average molecular weight is 222 g/mol. The molecule has 16 heavy (non-hydrogen) atoms. The number of hydrogen-bond acceptors (Lipinski definition) is 5. The molecule has 0 atom stereocenters. The maximum absolute atomic E-state index is 7.26. The quantitative estimate of drug-likeness (QED) is 0.567. The van der Waals surface area contributed by atoms with Crippen LogP contribution in [-0.4, -0.2) is 35.1 Å². The minimum absolute atomic E-state index is 0.0840. The van der Waals surface area contributed by atoms with Gasteiger partial charge in [-0.15, -0.1) is 0 Å². The second-order valence-electron chi connectivity index (χ2n) is 3.57. The normalized spacial score (nSPS) is 17.0. The fraction of sp³-hybridized carbons (Fsp3) is 0.500. The van der Waals surface area contributed by atoms with Crippen molar-refractivity contribution in [1.82, 2.24) is 9.97 Å². The molecule has 2 heterocycles. The van der Waals surface area contributed by atoms with E-state index in [0.717, 1.165) is 12.8 Å². The molecule has 0 saturated carbocycles. The van der Waals surface area contributed by atoms with E-state index in [1.807, 2.05) is 0 Å². The molecule has 1 aromatic rings. The van der Waals surface area contributed by atoms with Gasteiger partial charge in [0.15, 0.2) is 0 Å². The molecule has 0 bridgehead atoms. The summed E-state index contributed by atoms with van der Waals surface area (Å²) in [6.45, 7) is 1.41. The Kier molecular flexibility index (Phi) is 3.31.